The number of rotatable bonds is 17. The third kappa shape index (κ3) is 10.9. The fraction of sp³-hybridized carbons (Fsp3) is 0.433. The van der Waals surface area contributed by atoms with E-state index in [4.69, 9.17) is 18.9 Å². The highest BCUT2D eigenvalue weighted by Crippen LogP contribution is 2.23. The van der Waals surface area contributed by atoms with Crippen molar-refractivity contribution >= 4 is 23.8 Å². The number of hydrogen-bond acceptors (Lipinski definition) is 7. The van der Waals surface area contributed by atoms with Crippen molar-refractivity contribution < 1.29 is 33.3 Å². The average molecular weight is 511 g/mol. The van der Waals surface area contributed by atoms with Crippen molar-refractivity contribution in [2.75, 3.05) is 26.4 Å². The van der Waals surface area contributed by atoms with Gasteiger partial charge in [0.25, 0.3) is 0 Å². The molecule has 0 saturated heterocycles. The summed E-state index contributed by atoms with van der Waals surface area (Å²) >= 11 is 0. The van der Waals surface area contributed by atoms with E-state index in [2.05, 4.69) is 6.92 Å². The number of esters is 2. The monoisotopic (exact) mass is 510 g/mol. The summed E-state index contributed by atoms with van der Waals surface area (Å²) in [6.45, 7) is 6.33. The number of carbonyl (C=O) groups excluding carboxylic acids is 3. The molecule has 2 aromatic carbocycles. The molecule has 0 aliphatic rings. The van der Waals surface area contributed by atoms with Crippen LogP contribution in [0, 0.1) is 0 Å². The molecule has 0 heterocycles. The molecule has 200 valence electrons. The third-order valence-corrected chi connectivity index (χ3v) is 5.48. The first-order valence-corrected chi connectivity index (χ1v) is 13.0. The highest BCUT2D eigenvalue weighted by Gasteiger charge is 2.16. The molecule has 37 heavy (non-hydrogen) atoms. The molecule has 0 atom stereocenters. The molecular formula is C30H38O7. The molecular weight excluding hydrogens is 472 g/mol. The normalized spacial score (nSPS) is 10.8. The number of hydrogen-bond donors (Lipinski definition) is 0. The molecule has 0 spiro atoms. The van der Waals surface area contributed by atoms with Crippen molar-refractivity contribution in [1.29, 1.82) is 0 Å². The zero-order valence-electron chi connectivity index (χ0n) is 22.1. The van der Waals surface area contributed by atoms with Crippen LogP contribution in [0.15, 0.2) is 48.5 Å². The van der Waals surface area contributed by atoms with Gasteiger partial charge in [0.2, 0.25) is 0 Å². The SMILES string of the molecule is CCCCCCCCOc1ccc(/C=C/C(=O)c2ccc(C(=O)OCC)cc2OCC(=O)OCC)cc1. The van der Waals surface area contributed by atoms with E-state index < -0.39 is 11.9 Å². The van der Waals surface area contributed by atoms with Gasteiger partial charge in [0.05, 0.1) is 30.9 Å². The lowest BCUT2D eigenvalue weighted by atomic mass is 10.0. The van der Waals surface area contributed by atoms with Gasteiger partial charge in [-0.25, -0.2) is 9.59 Å². The minimum absolute atomic E-state index is 0.103. The molecule has 0 N–H and O–H groups in total. The fourth-order valence-corrected chi connectivity index (χ4v) is 3.54. The van der Waals surface area contributed by atoms with Crippen LogP contribution in [0.4, 0.5) is 0 Å². The maximum atomic E-state index is 12.9. The first kappa shape index (κ1) is 29.6. The molecule has 0 radical (unpaired) electrons. The Kier molecular flexibility index (Phi) is 13.6. The Bertz CT molecular complexity index is 1020. The van der Waals surface area contributed by atoms with Crippen molar-refractivity contribution in [3.05, 3.63) is 65.2 Å². The van der Waals surface area contributed by atoms with Gasteiger partial charge in [0.1, 0.15) is 11.5 Å². The van der Waals surface area contributed by atoms with Gasteiger partial charge in [0, 0.05) is 0 Å². The molecule has 2 aromatic rings. The first-order valence-electron chi connectivity index (χ1n) is 13.0. The molecule has 0 unspecified atom stereocenters. The van der Waals surface area contributed by atoms with E-state index >= 15 is 0 Å². The molecule has 2 rings (SSSR count). The van der Waals surface area contributed by atoms with Crippen LogP contribution in [-0.4, -0.2) is 44.1 Å². The minimum Gasteiger partial charge on any atom is -0.494 e. The van der Waals surface area contributed by atoms with Gasteiger partial charge in [-0.1, -0.05) is 57.2 Å². The van der Waals surface area contributed by atoms with Crippen LogP contribution in [0.1, 0.15) is 85.6 Å². The Hall–Kier alpha value is -3.61. The summed E-state index contributed by atoms with van der Waals surface area (Å²) in [6.07, 6.45) is 10.4. The maximum Gasteiger partial charge on any atom is 0.344 e. The molecule has 0 amide bonds. The lowest BCUT2D eigenvalue weighted by Gasteiger charge is -2.11. The van der Waals surface area contributed by atoms with Crippen LogP contribution in [0.3, 0.4) is 0 Å². The van der Waals surface area contributed by atoms with Crippen molar-refractivity contribution in [2.45, 2.75) is 59.3 Å². The van der Waals surface area contributed by atoms with Crippen LogP contribution in [-0.2, 0) is 14.3 Å². The summed E-state index contributed by atoms with van der Waals surface area (Å²) in [7, 11) is 0. The van der Waals surface area contributed by atoms with E-state index in [9.17, 15) is 14.4 Å². The second-order valence-electron chi connectivity index (χ2n) is 8.41. The van der Waals surface area contributed by atoms with Gasteiger partial charge in [-0.15, -0.1) is 0 Å². The highest BCUT2D eigenvalue weighted by molar-refractivity contribution is 6.09. The predicted octanol–water partition coefficient (Wildman–Crippen LogP) is 6.44. The van der Waals surface area contributed by atoms with E-state index in [-0.39, 0.29) is 42.5 Å². The summed E-state index contributed by atoms with van der Waals surface area (Å²) in [5.41, 5.74) is 1.27. The molecule has 0 aliphatic heterocycles. The zero-order valence-corrected chi connectivity index (χ0v) is 22.1. The van der Waals surface area contributed by atoms with Crippen molar-refractivity contribution in [3.8, 4) is 11.5 Å². The number of allylic oxidation sites excluding steroid dienone is 1. The molecule has 0 saturated carbocycles. The Labute approximate surface area is 219 Å². The predicted molar refractivity (Wildman–Crippen MR) is 143 cm³/mol. The van der Waals surface area contributed by atoms with Gasteiger partial charge in [-0.05, 0) is 62.2 Å². The maximum absolute atomic E-state index is 12.9. The Balaban J connectivity index is 2.01. The van der Waals surface area contributed by atoms with E-state index in [1.165, 1.54) is 56.4 Å². The Morgan fingerprint density at radius 3 is 2.19 bits per heavy atom. The number of ether oxygens (including phenoxy) is 4. The van der Waals surface area contributed by atoms with Gasteiger partial charge in [-0.2, -0.15) is 0 Å². The van der Waals surface area contributed by atoms with Crippen LogP contribution in [0.5, 0.6) is 11.5 Å². The first-order chi connectivity index (χ1) is 18.0. The molecule has 0 aromatic heterocycles. The zero-order chi connectivity index (χ0) is 26.9. The molecule has 0 fully saturated rings. The van der Waals surface area contributed by atoms with E-state index in [1.807, 2.05) is 24.3 Å². The van der Waals surface area contributed by atoms with E-state index in [0.29, 0.717) is 6.61 Å². The number of benzene rings is 2. The van der Waals surface area contributed by atoms with E-state index in [1.54, 1.807) is 19.9 Å². The van der Waals surface area contributed by atoms with Crippen LogP contribution in [0.2, 0.25) is 0 Å². The van der Waals surface area contributed by atoms with Gasteiger partial charge in [0.15, 0.2) is 12.4 Å². The Morgan fingerprint density at radius 1 is 0.784 bits per heavy atom. The minimum atomic E-state index is -0.572. The second-order valence-corrected chi connectivity index (χ2v) is 8.41. The fourth-order valence-electron chi connectivity index (χ4n) is 3.54. The van der Waals surface area contributed by atoms with E-state index in [0.717, 1.165) is 17.7 Å². The average Bonchev–Trinajstić information content (AvgIpc) is 2.91. The number of unbranched alkanes of at least 4 members (excludes halogenated alkanes) is 5. The van der Waals surface area contributed by atoms with Crippen molar-refractivity contribution in [1.82, 2.24) is 0 Å². The molecule has 7 heteroatoms. The standard InChI is InChI=1S/C30H38O7/c1-4-7-8-9-10-11-20-36-25-16-12-23(13-17-25)14-19-27(31)26-18-15-24(30(33)35-6-3)21-28(26)37-22-29(32)34-5-2/h12-19,21H,4-11,20,22H2,1-3H3/b19-14+. The summed E-state index contributed by atoms with van der Waals surface area (Å²) < 4.78 is 21.2. The smallest absolute Gasteiger partial charge is 0.344 e. The van der Waals surface area contributed by atoms with Crippen LogP contribution < -0.4 is 9.47 Å². The highest BCUT2D eigenvalue weighted by atomic mass is 16.6. The second kappa shape index (κ2) is 17.0. The van der Waals surface area contributed by atoms with Crippen LogP contribution >= 0.6 is 0 Å². The number of carbonyl (C=O) groups is 3. The topological polar surface area (TPSA) is 88.1 Å². The summed E-state index contributed by atoms with van der Waals surface area (Å²) in [5.74, 6) is -0.556. The quantitative estimate of drug-likeness (QED) is 0.105. The van der Waals surface area contributed by atoms with Crippen molar-refractivity contribution in [2.24, 2.45) is 0 Å². The molecule has 0 aliphatic carbocycles. The third-order valence-electron chi connectivity index (χ3n) is 5.48. The van der Waals surface area contributed by atoms with Gasteiger partial charge in [-0.3, -0.25) is 4.79 Å². The van der Waals surface area contributed by atoms with Crippen molar-refractivity contribution in [3.63, 3.8) is 0 Å². The molecule has 0 bridgehead atoms. The lowest BCUT2D eigenvalue weighted by Crippen LogP contribution is -2.16. The summed E-state index contributed by atoms with van der Waals surface area (Å²) in [6, 6.07) is 11.9. The molecule has 7 nitrogen and oxygen atoms in total. The van der Waals surface area contributed by atoms with Crippen LogP contribution in [0.25, 0.3) is 6.08 Å². The van der Waals surface area contributed by atoms with Gasteiger partial charge >= 0.3 is 11.9 Å². The largest absolute Gasteiger partial charge is 0.494 e. The van der Waals surface area contributed by atoms with Gasteiger partial charge < -0.3 is 18.9 Å². The Morgan fingerprint density at radius 2 is 1.49 bits per heavy atom. The lowest BCUT2D eigenvalue weighted by molar-refractivity contribution is -0.145. The summed E-state index contributed by atoms with van der Waals surface area (Å²) in [4.78, 5) is 36.8. The number of ketones is 1. The summed E-state index contributed by atoms with van der Waals surface area (Å²) in [5, 5.41) is 0.